The Morgan fingerprint density at radius 2 is 1.76 bits per heavy atom. The number of aliphatic imine (C=N–C) groups is 1. The predicted molar refractivity (Wildman–Crippen MR) is 119 cm³/mol. The molecule has 0 saturated heterocycles. The fourth-order valence-electron chi connectivity index (χ4n) is 3.67. The summed E-state index contributed by atoms with van der Waals surface area (Å²) in [7, 11) is 2.06. The van der Waals surface area contributed by atoms with Crippen LogP contribution in [0, 0.1) is 6.92 Å². The number of nitrogens with zero attached hydrogens (tertiary/aromatic N) is 3. The minimum atomic E-state index is 0.217. The number of benzene rings is 2. The summed E-state index contributed by atoms with van der Waals surface area (Å²) in [4.78, 5) is 21.4. The molecular weight excluding hydrogens is 360 g/mol. The van der Waals surface area contributed by atoms with Crippen LogP contribution in [0.15, 0.2) is 53.5 Å². The Hall–Kier alpha value is -2.82. The number of aryl methyl sites for hydroxylation is 1. The van der Waals surface area contributed by atoms with Gasteiger partial charge in [-0.2, -0.15) is 0 Å². The molecule has 29 heavy (non-hydrogen) atoms. The number of carbonyl (C=O) groups is 1. The van der Waals surface area contributed by atoms with Gasteiger partial charge in [-0.1, -0.05) is 48.5 Å². The molecule has 2 aromatic carbocycles. The lowest BCUT2D eigenvalue weighted by molar-refractivity contribution is -0.131. The number of fused-ring (bicyclic) bond motifs is 1. The molecule has 0 unspecified atom stereocenters. The molecule has 2 aromatic rings. The van der Waals surface area contributed by atoms with Crippen molar-refractivity contribution in [3.8, 4) is 0 Å². The highest BCUT2D eigenvalue weighted by Gasteiger charge is 2.22. The maximum absolute atomic E-state index is 12.5. The summed E-state index contributed by atoms with van der Waals surface area (Å²) in [6.07, 6.45) is 1.30. The smallest absolute Gasteiger partial charge is 0.223 e. The second-order valence-corrected chi connectivity index (χ2v) is 7.64. The van der Waals surface area contributed by atoms with Gasteiger partial charge in [0.2, 0.25) is 5.91 Å². The molecule has 1 aliphatic rings. The summed E-state index contributed by atoms with van der Waals surface area (Å²) in [5, 5.41) is 3.36. The van der Waals surface area contributed by atoms with Crippen molar-refractivity contribution >= 4 is 11.9 Å². The summed E-state index contributed by atoms with van der Waals surface area (Å²) in [5.74, 6) is 1.10. The molecule has 1 N–H and O–H groups in total. The minimum Gasteiger partial charge on any atom is -0.357 e. The van der Waals surface area contributed by atoms with Gasteiger partial charge in [-0.15, -0.1) is 0 Å². The van der Waals surface area contributed by atoms with Gasteiger partial charge in [-0.05, 0) is 42.5 Å². The molecule has 0 atom stereocenters. The average Bonchev–Trinajstić information content (AvgIpc) is 3.16. The molecule has 0 bridgehead atoms. The van der Waals surface area contributed by atoms with Crippen molar-refractivity contribution in [1.82, 2.24) is 15.1 Å². The maximum Gasteiger partial charge on any atom is 0.223 e. The number of amides is 1. The van der Waals surface area contributed by atoms with Crippen LogP contribution in [0.3, 0.4) is 0 Å². The van der Waals surface area contributed by atoms with Crippen LogP contribution in [-0.4, -0.2) is 41.8 Å². The van der Waals surface area contributed by atoms with E-state index in [1.54, 1.807) is 0 Å². The third kappa shape index (κ3) is 5.59. The van der Waals surface area contributed by atoms with Crippen molar-refractivity contribution in [2.45, 2.75) is 46.3 Å². The Bertz CT molecular complexity index is 836. The van der Waals surface area contributed by atoms with Crippen molar-refractivity contribution in [3.05, 3.63) is 70.8 Å². The zero-order chi connectivity index (χ0) is 20.6. The first-order valence-electron chi connectivity index (χ1n) is 10.5. The monoisotopic (exact) mass is 392 g/mol. The Morgan fingerprint density at radius 3 is 2.41 bits per heavy atom. The van der Waals surface area contributed by atoms with Crippen molar-refractivity contribution < 1.29 is 4.79 Å². The molecule has 154 valence electrons. The van der Waals surface area contributed by atoms with Gasteiger partial charge in [0.05, 0.1) is 0 Å². The van der Waals surface area contributed by atoms with E-state index in [0.717, 1.165) is 38.6 Å². The van der Waals surface area contributed by atoms with Crippen LogP contribution in [0.25, 0.3) is 0 Å². The highest BCUT2D eigenvalue weighted by molar-refractivity contribution is 5.80. The predicted octanol–water partition coefficient (Wildman–Crippen LogP) is 3.71. The van der Waals surface area contributed by atoms with Gasteiger partial charge in [0.15, 0.2) is 5.96 Å². The topological polar surface area (TPSA) is 47.9 Å². The van der Waals surface area contributed by atoms with Gasteiger partial charge in [0.25, 0.3) is 0 Å². The van der Waals surface area contributed by atoms with E-state index in [-0.39, 0.29) is 5.91 Å². The molecule has 0 fully saturated rings. The second kappa shape index (κ2) is 10.1. The lowest BCUT2D eigenvalue weighted by atomic mass is 10.1. The lowest BCUT2D eigenvalue weighted by Crippen LogP contribution is -2.38. The molecule has 0 radical (unpaired) electrons. The zero-order valence-corrected chi connectivity index (χ0v) is 17.8. The first-order chi connectivity index (χ1) is 14.1. The third-order valence-electron chi connectivity index (χ3n) is 5.37. The quantitative estimate of drug-likeness (QED) is 0.444. The van der Waals surface area contributed by atoms with Gasteiger partial charge in [0, 0.05) is 46.2 Å². The number of hydrogen-bond donors (Lipinski definition) is 1. The summed E-state index contributed by atoms with van der Waals surface area (Å²) in [6.45, 7) is 7.96. The molecule has 0 spiro atoms. The van der Waals surface area contributed by atoms with Crippen LogP contribution in [0.2, 0.25) is 0 Å². The van der Waals surface area contributed by atoms with Gasteiger partial charge < -0.3 is 15.1 Å². The molecule has 1 aliphatic heterocycles. The van der Waals surface area contributed by atoms with Crippen molar-refractivity contribution in [2.75, 3.05) is 20.1 Å². The molecule has 3 rings (SSSR count). The Balaban J connectivity index is 1.49. The summed E-state index contributed by atoms with van der Waals surface area (Å²) in [6, 6.07) is 16.7. The van der Waals surface area contributed by atoms with Crippen molar-refractivity contribution in [3.63, 3.8) is 0 Å². The van der Waals surface area contributed by atoms with Crippen molar-refractivity contribution in [2.24, 2.45) is 4.99 Å². The molecule has 5 heteroatoms. The number of rotatable bonds is 7. The SMILES string of the molecule is CCNC(=NCCCC(=O)N1Cc2ccccc2C1)N(C)Cc1ccccc1C. The first kappa shape index (κ1) is 20.9. The van der Waals surface area contributed by atoms with Crippen LogP contribution >= 0.6 is 0 Å². The fraction of sp³-hybridized carbons (Fsp3) is 0.417. The minimum absolute atomic E-state index is 0.217. The molecule has 5 nitrogen and oxygen atoms in total. The van der Waals surface area contributed by atoms with E-state index in [2.05, 4.69) is 67.5 Å². The molecule has 0 aromatic heterocycles. The largest absolute Gasteiger partial charge is 0.357 e. The third-order valence-corrected chi connectivity index (χ3v) is 5.37. The van der Waals surface area contributed by atoms with Crippen LogP contribution in [0.4, 0.5) is 0 Å². The summed E-state index contributed by atoms with van der Waals surface area (Å²) >= 11 is 0. The molecule has 1 amide bonds. The van der Waals surface area contributed by atoms with Gasteiger partial charge in [-0.3, -0.25) is 9.79 Å². The maximum atomic E-state index is 12.5. The number of hydrogen-bond acceptors (Lipinski definition) is 2. The second-order valence-electron chi connectivity index (χ2n) is 7.64. The standard InChI is InChI=1S/C24H32N4O/c1-4-25-24(27(3)16-20-11-6-5-10-19(20)2)26-15-9-14-23(29)28-17-21-12-7-8-13-22(21)18-28/h5-8,10-13H,4,9,14-18H2,1-3H3,(H,25,26). The highest BCUT2D eigenvalue weighted by Crippen LogP contribution is 2.22. The Morgan fingerprint density at radius 1 is 1.10 bits per heavy atom. The Kier molecular flexibility index (Phi) is 7.28. The molecule has 1 heterocycles. The van der Waals surface area contributed by atoms with E-state index in [1.807, 2.05) is 17.0 Å². The number of nitrogens with one attached hydrogen (secondary N) is 1. The van der Waals surface area contributed by atoms with E-state index in [1.165, 1.54) is 22.3 Å². The number of guanidine groups is 1. The number of carbonyl (C=O) groups excluding carboxylic acids is 1. The van der Waals surface area contributed by atoms with Gasteiger partial charge in [0.1, 0.15) is 0 Å². The highest BCUT2D eigenvalue weighted by atomic mass is 16.2. The van der Waals surface area contributed by atoms with E-state index in [4.69, 9.17) is 4.99 Å². The van der Waals surface area contributed by atoms with Crippen molar-refractivity contribution in [1.29, 1.82) is 0 Å². The van der Waals surface area contributed by atoms with Crippen LogP contribution in [0.5, 0.6) is 0 Å². The van der Waals surface area contributed by atoms with E-state index >= 15 is 0 Å². The van der Waals surface area contributed by atoms with E-state index in [0.29, 0.717) is 13.0 Å². The molecule has 0 saturated carbocycles. The average molecular weight is 393 g/mol. The van der Waals surface area contributed by atoms with Crippen LogP contribution in [-0.2, 0) is 24.4 Å². The van der Waals surface area contributed by atoms with Crippen LogP contribution < -0.4 is 5.32 Å². The normalized spacial score (nSPS) is 13.3. The molecular formula is C24H32N4O. The first-order valence-corrected chi connectivity index (χ1v) is 10.5. The van der Waals surface area contributed by atoms with E-state index < -0.39 is 0 Å². The summed E-state index contributed by atoms with van der Waals surface area (Å²) in [5.41, 5.74) is 5.12. The van der Waals surface area contributed by atoms with Gasteiger partial charge in [-0.25, -0.2) is 0 Å². The lowest BCUT2D eigenvalue weighted by Gasteiger charge is -2.23. The van der Waals surface area contributed by atoms with E-state index in [9.17, 15) is 4.79 Å². The Labute approximate surface area is 174 Å². The summed E-state index contributed by atoms with van der Waals surface area (Å²) < 4.78 is 0. The van der Waals surface area contributed by atoms with Gasteiger partial charge >= 0.3 is 0 Å². The van der Waals surface area contributed by atoms with Crippen LogP contribution in [0.1, 0.15) is 42.0 Å². The zero-order valence-electron chi connectivity index (χ0n) is 17.8. The fourth-order valence-corrected chi connectivity index (χ4v) is 3.67. The molecule has 0 aliphatic carbocycles.